The maximum atomic E-state index is 13.0. The van der Waals surface area contributed by atoms with Gasteiger partial charge in [0.25, 0.3) is 0 Å². The molecule has 29 heavy (non-hydrogen) atoms. The molecule has 0 aromatic heterocycles. The van der Waals surface area contributed by atoms with Crippen molar-refractivity contribution in [3.63, 3.8) is 0 Å². The van der Waals surface area contributed by atoms with Gasteiger partial charge in [0.15, 0.2) is 0 Å². The van der Waals surface area contributed by atoms with Gasteiger partial charge in [0.05, 0.1) is 6.54 Å². The van der Waals surface area contributed by atoms with E-state index in [1.54, 1.807) is 11.9 Å². The Labute approximate surface area is 175 Å². The quantitative estimate of drug-likeness (QED) is 0.686. The van der Waals surface area contributed by atoms with E-state index in [0.29, 0.717) is 13.0 Å². The molecule has 3 rings (SSSR count). The van der Waals surface area contributed by atoms with Crippen LogP contribution in [-0.4, -0.2) is 48.8 Å². The van der Waals surface area contributed by atoms with Crippen molar-refractivity contribution in [2.24, 2.45) is 0 Å². The largest absolute Gasteiger partial charge is 0.357 e. The van der Waals surface area contributed by atoms with Crippen molar-refractivity contribution in [2.45, 2.75) is 29.0 Å². The van der Waals surface area contributed by atoms with Gasteiger partial charge in [-0.3, -0.25) is 14.4 Å². The summed E-state index contributed by atoms with van der Waals surface area (Å²) in [6.07, 6.45) is 1.43. The first-order valence-corrected chi connectivity index (χ1v) is 10.5. The number of thioether (sulfide) groups is 1. The molecule has 152 valence electrons. The van der Waals surface area contributed by atoms with Gasteiger partial charge in [0, 0.05) is 18.5 Å². The molecule has 0 spiro atoms. The van der Waals surface area contributed by atoms with Crippen LogP contribution in [0.2, 0.25) is 0 Å². The van der Waals surface area contributed by atoms with E-state index in [1.807, 2.05) is 60.7 Å². The summed E-state index contributed by atoms with van der Waals surface area (Å²) in [5.74, 6) is -0.626. The highest BCUT2D eigenvalue weighted by molar-refractivity contribution is 8.00. The van der Waals surface area contributed by atoms with Crippen molar-refractivity contribution in [3.8, 4) is 0 Å². The Kier molecular flexibility index (Phi) is 7.30. The number of benzene rings is 2. The topological polar surface area (TPSA) is 78.5 Å². The molecule has 0 aliphatic carbocycles. The molecule has 1 saturated heterocycles. The zero-order chi connectivity index (χ0) is 20.6. The Morgan fingerprint density at radius 3 is 2.38 bits per heavy atom. The summed E-state index contributed by atoms with van der Waals surface area (Å²) in [4.78, 5) is 40.1. The number of carbonyl (C=O) groups is 3. The zero-order valence-electron chi connectivity index (χ0n) is 16.3. The molecule has 2 unspecified atom stereocenters. The molecule has 2 atom stereocenters. The molecule has 7 heteroatoms. The van der Waals surface area contributed by atoms with Crippen molar-refractivity contribution in [1.82, 2.24) is 15.5 Å². The van der Waals surface area contributed by atoms with Gasteiger partial charge in [0.1, 0.15) is 11.3 Å². The Hall–Kier alpha value is -2.80. The van der Waals surface area contributed by atoms with Crippen LogP contribution in [0.4, 0.5) is 0 Å². The molecular formula is C22H25N3O3S. The van der Waals surface area contributed by atoms with Crippen LogP contribution < -0.4 is 10.6 Å². The summed E-state index contributed by atoms with van der Waals surface area (Å²) < 4.78 is 0. The van der Waals surface area contributed by atoms with E-state index in [0.717, 1.165) is 16.9 Å². The predicted octanol–water partition coefficient (Wildman–Crippen LogP) is 2.37. The van der Waals surface area contributed by atoms with Gasteiger partial charge in [-0.1, -0.05) is 48.5 Å². The van der Waals surface area contributed by atoms with Crippen molar-refractivity contribution in [2.75, 3.05) is 20.1 Å². The van der Waals surface area contributed by atoms with E-state index in [1.165, 1.54) is 11.8 Å². The molecule has 0 bridgehead atoms. The average Bonchev–Trinajstić information content (AvgIpc) is 3.26. The number of hydrogen-bond donors (Lipinski definition) is 2. The smallest absolute Gasteiger partial charge is 0.242 e. The number of likely N-dealkylation sites (N-methyl/N-ethyl adjacent to an activating group) is 1. The van der Waals surface area contributed by atoms with Crippen molar-refractivity contribution in [3.05, 3.63) is 66.2 Å². The molecule has 1 heterocycles. The Morgan fingerprint density at radius 2 is 1.72 bits per heavy atom. The van der Waals surface area contributed by atoms with E-state index < -0.39 is 11.3 Å². The molecule has 1 aliphatic rings. The number of rotatable bonds is 7. The van der Waals surface area contributed by atoms with Gasteiger partial charge in [-0.25, -0.2) is 0 Å². The fourth-order valence-corrected chi connectivity index (χ4v) is 4.47. The maximum Gasteiger partial charge on any atom is 0.242 e. The van der Waals surface area contributed by atoms with E-state index in [-0.39, 0.29) is 24.3 Å². The van der Waals surface area contributed by atoms with Gasteiger partial charge < -0.3 is 15.5 Å². The first-order valence-electron chi connectivity index (χ1n) is 9.65. The lowest BCUT2D eigenvalue weighted by Gasteiger charge is -2.24. The van der Waals surface area contributed by atoms with Crippen LogP contribution in [0.1, 0.15) is 23.7 Å². The molecule has 2 aromatic rings. The molecule has 0 radical (unpaired) electrons. The SMILES string of the molecule is CNC(=O)C1CCCN1C(=O)CNC(=O)C(Sc1ccccc1)c1ccccc1. The second kappa shape index (κ2) is 10.1. The fraction of sp³-hybridized carbons (Fsp3) is 0.318. The maximum absolute atomic E-state index is 13.0. The van der Waals surface area contributed by atoms with E-state index in [9.17, 15) is 14.4 Å². The highest BCUT2D eigenvalue weighted by atomic mass is 32.2. The first kappa shape index (κ1) is 20.9. The van der Waals surface area contributed by atoms with E-state index in [2.05, 4.69) is 10.6 Å². The standard InChI is InChI=1S/C22H25N3O3S/c1-23-21(27)18-13-8-14-25(18)19(26)15-24-22(28)20(16-9-4-2-5-10-16)29-17-11-6-3-7-12-17/h2-7,9-12,18,20H,8,13-15H2,1H3,(H,23,27)(H,24,28). The van der Waals surface area contributed by atoms with Crippen LogP contribution in [-0.2, 0) is 14.4 Å². The molecular weight excluding hydrogens is 386 g/mol. The zero-order valence-corrected chi connectivity index (χ0v) is 17.2. The number of nitrogens with zero attached hydrogens (tertiary/aromatic N) is 1. The summed E-state index contributed by atoms with van der Waals surface area (Å²) in [6, 6.07) is 18.8. The molecule has 1 fully saturated rings. The van der Waals surface area contributed by atoms with Crippen molar-refractivity contribution < 1.29 is 14.4 Å². The molecule has 2 aromatic carbocycles. The molecule has 3 amide bonds. The summed E-state index contributed by atoms with van der Waals surface area (Å²) in [6.45, 7) is 0.415. The summed E-state index contributed by atoms with van der Waals surface area (Å²) in [5, 5.41) is 4.90. The van der Waals surface area contributed by atoms with Gasteiger partial charge in [-0.15, -0.1) is 11.8 Å². The van der Waals surface area contributed by atoms with Crippen molar-refractivity contribution in [1.29, 1.82) is 0 Å². The lowest BCUT2D eigenvalue weighted by atomic mass is 10.1. The average molecular weight is 412 g/mol. The predicted molar refractivity (Wildman–Crippen MR) is 113 cm³/mol. The third-order valence-electron chi connectivity index (χ3n) is 4.87. The first-order chi connectivity index (χ1) is 14.1. The summed E-state index contributed by atoms with van der Waals surface area (Å²) in [5.41, 5.74) is 0.871. The summed E-state index contributed by atoms with van der Waals surface area (Å²) in [7, 11) is 1.57. The van der Waals surface area contributed by atoms with Crippen LogP contribution in [0.15, 0.2) is 65.6 Å². The van der Waals surface area contributed by atoms with Crippen LogP contribution in [0.3, 0.4) is 0 Å². The van der Waals surface area contributed by atoms with Crippen molar-refractivity contribution >= 4 is 29.5 Å². The number of hydrogen-bond acceptors (Lipinski definition) is 4. The number of nitrogens with one attached hydrogen (secondary N) is 2. The van der Waals surface area contributed by atoms with E-state index >= 15 is 0 Å². The monoisotopic (exact) mass is 411 g/mol. The number of likely N-dealkylation sites (tertiary alicyclic amines) is 1. The lowest BCUT2D eigenvalue weighted by Crippen LogP contribution is -2.48. The normalized spacial score (nSPS) is 16.9. The van der Waals surface area contributed by atoms with Crippen LogP contribution in [0, 0.1) is 0 Å². The minimum Gasteiger partial charge on any atom is -0.357 e. The Bertz CT molecular complexity index is 845. The second-order valence-corrected chi connectivity index (χ2v) is 7.98. The fourth-order valence-electron chi connectivity index (χ4n) is 3.40. The molecule has 6 nitrogen and oxygen atoms in total. The third-order valence-corrected chi connectivity index (χ3v) is 6.14. The number of amides is 3. The van der Waals surface area contributed by atoms with Gasteiger partial charge in [0.2, 0.25) is 17.7 Å². The number of carbonyl (C=O) groups excluding carboxylic acids is 3. The minimum absolute atomic E-state index is 0.120. The van der Waals surface area contributed by atoms with E-state index in [4.69, 9.17) is 0 Å². The minimum atomic E-state index is -0.472. The lowest BCUT2D eigenvalue weighted by molar-refractivity contribution is -0.138. The second-order valence-electron chi connectivity index (χ2n) is 6.80. The molecule has 0 saturated carbocycles. The third kappa shape index (κ3) is 5.38. The molecule has 2 N–H and O–H groups in total. The highest BCUT2D eigenvalue weighted by Crippen LogP contribution is 2.35. The van der Waals surface area contributed by atoms with Crippen LogP contribution >= 0.6 is 11.8 Å². The summed E-state index contributed by atoms with van der Waals surface area (Å²) >= 11 is 1.44. The Balaban J connectivity index is 1.67. The van der Waals surface area contributed by atoms with Crippen LogP contribution in [0.25, 0.3) is 0 Å². The van der Waals surface area contributed by atoms with Crippen LogP contribution in [0.5, 0.6) is 0 Å². The van der Waals surface area contributed by atoms with Gasteiger partial charge in [-0.05, 0) is 30.5 Å². The molecule has 1 aliphatic heterocycles. The van der Waals surface area contributed by atoms with Gasteiger partial charge >= 0.3 is 0 Å². The Morgan fingerprint density at radius 1 is 1.07 bits per heavy atom. The van der Waals surface area contributed by atoms with Gasteiger partial charge in [-0.2, -0.15) is 0 Å². The highest BCUT2D eigenvalue weighted by Gasteiger charge is 2.33.